The molecule has 38 heavy (non-hydrogen) atoms. The molecule has 1 aliphatic carbocycles. The fraction of sp³-hybridized carbons (Fsp3) is 0.483. The Morgan fingerprint density at radius 3 is 2.66 bits per heavy atom. The van der Waals surface area contributed by atoms with Gasteiger partial charge in [-0.1, -0.05) is 31.0 Å². The lowest BCUT2D eigenvalue weighted by Gasteiger charge is -2.42. The number of likely N-dealkylation sites (N-methyl/N-ethyl adjacent to an activating group) is 1. The smallest absolute Gasteiger partial charge is 0.257 e. The Labute approximate surface area is 221 Å². The summed E-state index contributed by atoms with van der Waals surface area (Å²) >= 11 is 0. The first-order valence-electron chi connectivity index (χ1n) is 13.4. The van der Waals surface area contributed by atoms with Crippen LogP contribution in [-0.2, 0) is 20.9 Å². The largest absolute Gasteiger partial charge is 0.490 e. The van der Waals surface area contributed by atoms with E-state index < -0.39 is 6.10 Å². The molecule has 2 aliphatic heterocycles. The van der Waals surface area contributed by atoms with Gasteiger partial charge < -0.3 is 25.0 Å². The molecule has 0 spiro atoms. The predicted octanol–water partition coefficient (Wildman–Crippen LogP) is 4.04. The van der Waals surface area contributed by atoms with Crippen LogP contribution in [0.25, 0.3) is 0 Å². The molecule has 2 fully saturated rings. The molecule has 0 unspecified atom stereocenters. The predicted molar refractivity (Wildman–Crippen MR) is 139 cm³/mol. The average molecular weight is 524 g/mol. The van der Waals surface area contributed by atoms with Gasteiger partial charge in [0.15, 0.2) is 0 Å². The molecule has 3 atom stereocenters. The van der Waals surface area contributed by atoms with Crippen molar-refractivity contribution in [1.29, 1.82) is 0 Å². The maximum atomic E-state index is 13.8. The van der Waals surface area contributed by atoms with Crippen LogP contribution in [-0.4, -0.2) is 54.5 Å². The Kier molecular flexibility index (Phi) is 7.93. The number of nitrogens with zero attached hydrogens (tertiary/aromatic N) is 1. The minimum atomic E-state index is -0.392. The molecule has 3 aliphatic rings. The van der Waals surface area contributed by atoms with Crippen LogP contribution in [0.1, 0.15) is 60.9 Å². The van der Waals surface area contributed by atoms with Crippen molar-refractivity contribution in [3.05, 3.63) is 59.4 Å². The summed E-state index contributed by atoms with van der Waals surface area (Å²) in [6.45, 7) is 0.348. The van der Waals surface area contributed by atoms with E-state index >= 15 is 0 Å². The highest BCUT2D eigenvalue weighted by atomic mass is 19.1. The molecular weight excluding hydrogens is 489 g/mol. The summed E-state index contributed by atoms with van der Waals surface area (Å²) in [4.78, 5) is 40.2. The molecule has 9 heteroatoms. The molecule has 1 saturated carbocycles. The molecule has 2 N–H and O–H groups in total. The zero-order chi connectivity index (χ0) is 26.6. The maximum absolute atomic E-state index is 13.8. The van der Waals surface area contributed by atoms with Crippen LogP contribution in [0.15, 0.2) is 42.5 Å². The molecule has 3 amide bonds. The number of benzene rings is 2. The number of hydrogen-bond acceptors (Lipinski definition) is 5. The van der Waals surface area contributed by atoms with Crippen LogP contribution < -0.4 is 15.4 Å². The third kappa shape index (κ3) is 5.83. The second kappa shape index (κ2) is 11.5. The summed E-state index contributed by atoms with van der Waals surface area (Å²) in [7, 11) is 1.75. The van der Waals surface area contributed by atoms with E-state index in [9.17, 15) is 18.8 Å². The molecule has 0 radical (unpaired) electrons. The molecule has 2 aromatic rings. The van der Waals surface area contributed by atoms with Gasteiger partial charge in [-0.3, -0.25) is 14.4 Å². The lowest BCUT2D eigenvalue weighted by molar-refractivity contribution is -0.134. The van der Waals surface area contributed by atoms with Crippen LogP contribution in [0.4, 0.5) is 10.1 Å². The number of nitrogens with one attached hydrogen (secondary N) is 2. The first-order valence-corrected chi connectivity index (χ1v) is 13.4. The molecule has 0 aromatic heterocycles. The van der Waals surface area contributed by atoms with Crippen LogP contribution in [0.3, 0.4) is 0 Å². The van der Waals surface area contributed by atoms with Gasteiger partial charge in [0, 0.05) is 30.8 Å². The van der Waals surface area contributed by atoms with E-state index in [1.807, 2.05) is 0 Å². The lowest BCUT2D eigenvalue weighted by atomic mass is 9.94. The van der Waals surface area contributed by atoms with Gasteiger partial charge in [0.05, 0.1) is 24.1 Å². The highest BCUT2D eigenvalue weighted by Gasteiger charge is 2.39. The SMILES string of the molecule is CN1C(=O)c2cc(NC(=O)C3CCCC3)ccc2OC[C@H]2O[C@H](CC(=O)NCc3ccccc3F)CC[C@@H]21. The van der Waals surface area contributed by atoms with E-state index in [1.54, 1.807) is 48.3 Å². The Morgan fingerprint density at radius 2 is 1.87 bits per heavy atom. The van der Waals surface area contributed by atoms with Gasteiger partial charge in [-0.2, -0.15) is 0 Å². The number of carbonyl (C=O) groups excluding carboxylic acids is 3. The van der Waals surface area contributed by atoms with Crippen molar-refractivity contribution in [3.63, 3.8) is 0 Å². The lowest BCUT2D eigenvalue weighted by Crippen LogP contribution is -2.53. The van der Waals surface area contributed by atoms with Crippen molar-refractivity contribution in [2.24, 2.45) is 5.92 Å². The second-order valence-electron chi connectivity index (χ2n) is 10.4. The van der Waals surface area contributed by atoms with E-state index in [0.717, 1.165) is 25.7 Å². The molecule has 5 rings (SSSR count). The quantitative estimate of drug-likeness (QED) is 0.596. The van der Waals surface area contributed by atoms with Gasteiger partial charge in [-0.05, 0) is 49.9 Å². The van der Waals surface area contributed by atoms with Gasteiger partial charge in [-0.25, -0.2) is 4.39 Å². The van der Waals surface area contributed by atoms with Crippen molar-refractivity contribution < 1.29 is 28.2 Å². The van der Waals surface area contributed by atoms with Crippen molar-refractivity contribution in [2.45, 2.75) is 69.7 Å². The van der Waals surface area contributed by atoms with Gasteiger partial charge in [-0.15, -0.1) is 0 Å². The molecule has 202 valence electrons. The molecule has 0 bridgehead atoms. The number of carbonyl (C=O) groups is 3. The van der Waals surface area contributed by atoms with Crippen LogP contribution in [0.5, 0.6) is 5.75 Å². The number of fused-ring (bicyclic) bond motifs is 2. The van der Waals surface area contributed by atoms with Crippen molar-refractivity contribution in [3.8, 4) is 5.75 Å². The second-order valence-corrected chi connectivity index (χ2v) is 10.4. The van der Waals surface area contributed by atoms with Gasteiger partial charge >= 0.3 is 0 Å². The Morgan fingerprint density at radius 1 is 1.08 bits per heavy atom. The minimum Gasteiger partial charge on any atom is -0.490 e. The van der Waals surface area contributed by atoms with Crippen LogP contribution in [0.2, 0.25) is 0 Å². The van der Waals surface area contributed by atoms with E-state index in [4.69, 9.17) is 9.47 Å². The number of anilines is 1. The number of ether oxygens (including phenoxy) is 2. The Hall–Kier alpha value is -3.46. The van der Waals surface area contributed by atoms with Gasteiger partial charge in [0.1, 0.15) is 24.3 Å². The van der Waals surface area contributed by atoms with E-state index in [0.29, 0.717) is 35.4 Å². The Bertz CT molecular complexity index is 1200. The van der Waals surface area contributed by atoms with E-state index in [2.05, 4.69) is 10.6 Å². The maximum Gasteiger partial charge on any atom is 0.257 e. The molecule has 8 nitrogen and oxygen atoms in total. The summed E-state index contributed by atoms with van der Waals surface area (Å²) in [6, 6.07) is 11.3. The fourth-order valence-electron chi connectivity index (χ4n) is 5.65. The monoisotopic (exact) mass is 523 g/mol. The zero-order valence-corrected chi connectivity index (χ0v) is 21.6. The standard InChI is InChI=1S/C29H34FN3O5/c1-33-24-12-11-21(15-27(34)31-16-19-8-4-5-9-23(19)30)38-26(24)17-37-25-13-10-20(14-22(25)29(33)36)32-28(35)18-6-2-3-7-18/h4-5,8-10,13-14,18,21,24,26H,2-3,6-7,11-12,15-17H2,1H3,(H,31,34)(H,32,35)/t21-,24-,26+/m0/s1. The summed E-state index contributed by atoms with van der Waals surface area (Å²) < 4.78 is 26.1. The van der Waals surface area contributed by atoms with Crippen molar-refractivity contribution in [1.82, 2.24) is 10.2 Å². The molecule has 2 heterocycles. The number of amides is 3. The highest BCUT2D eigenvalue weighted by Crippen LogP contribution is 2.33. The topological polar surface area (TPSA) is 97.0 Å². The molecule has 2 aromatic carbocycles. The average Bonchev–Trinajstić information content (AvgIpc) is 3.46. The van der Waals surface area contributed by atoms with Crippen LogP contribution >= 0.6 is 0 Å². The first kappa shape index (κ1) is 26.2. The van der Waals surface area contributed by atoms with Crippen molar-refractivity contribution >= 4 is 23.4 Å². The van der Waals surface area contributed by atoms with Gasteiger partial charge in [0.25, 0.3) is 5.91 Å². The molecule has 1 saturated heterocycles. The van der Waals surface area contributed by atoms with Crippen molar-refractivity contribution in [2.75, 3.05) is 19.0 Å². The zero-order valence-electron chi connectivity index (χ0n) is 21.6. The third-order valence-electron chi connectivity index (χ3n) is 7.85. The summed E-state index contributed by atoms with van der Waals surface area (Å²) in [5, 5.41) is 5.72. The Balaban J connectivity index is 1.20. The van der Waals surface area contributed by atoms with Crippen LogP contribution in [0, 0.1) is 11.7 Å². The first-order chi connectivity index (χ1) is 18.4. The molecular formula is C29H34FN3O5. The number of rotatable bonds is 6. The highest BCUT2D eigenvalue weighted by molar-refractivity contribution is 6.00. The van der Waals surface area contributed by atoms with E-state index in [-0.39, 0.29) is 61.2 Å². The fourth-order valence-corrected chi connectivity index (χ4v) is 5.65. The summed E-state index contributed by atoms with van der Waals surface area (Å²) in [5.41, 5.74) is 1.42. The normalized spacial score (nSPS) is 23.5. The summed E-state index contributed by atoms with van der Waals surface area (Å²) in [6.07, 6.45) is 4.65. The number of halogens is 1. The third-order valence-corrected chi connectivity index (χ3v) is 7.85. The van der Waals surface area contributed by atoms with E-state index in [1.165, 1.54) is 6.07 Å². The summed E-state index contributed by atoms with van der Waals surface area (Å²) in [5.74, 6) is -0.303. The number of hydrogen-bond donors (Lipinski definition) is 2. The van der Waals surface area contributed by atoms with Gasteiger partial charge in [0.2, 0.25) is 11.8 Å². The minimum absolute atomic E-state index is 0.000238.